The van der Waals surface area contributed by atoms with Crippen molar-refractivity contribution >= 4 is 34.1 Å². The fourth-order valence-corrected chi connectivity index (χ4v) is 2.77. The van der Waals surface area contributed by atoms with Gasteiger partial charge in [0.2, 0.25) is 0 Å². The second kappa shape index (κ2) is 10.9. The zero-order valence-corrected chi connectivity index (χ0v) is 16.9. The molecule has 8 nitrogen and oxygen atoms in total. The van der Waals surface area contributed by atoms with Gasteiger partial charge >= 0.3 is 0 Å². The zero-order chi connectivity index (χ0) is 22.8. The van der Waals surface area contributed by atoms with Gasteiger partial charge in [0.15, 0.2) is 0 Å². The summed E-state index contributed by atoms with van der Waals surface area (Å²) in [5.74, 6) is 0. The lowest BCUT2D eigenvalue weighted by molar-refractivity contribution is -0.384. The molecule has 0 bridgehead atoms. The summed E-state index contributed by atoms with van der Waals surface area (Å²) in [4.78, 5) is 20.4. The maximum absolute atomic E-state index is 10.8. The Morgan fingerprint density at radius 2 is 0.969 bits per heavy atom. The third-order valence-electron chi connectivity index (χ3n) is 4.29. The quantitative estimate of drug-likeness (QED) is 0.262. The molecule has 0 saturated carbocycles. The fourth-order valence-electron chi connectivity index (χ4n) is 2.77. The first-order chi connectivity index (χ1) is 15.5. The fraction of sp³-hybridized carbons (Fsp3) is 0. The molecule has 0 aliphatic rings. The number of hydrogen-bond donors (Lipinski definition) is 2. The smallest absolute Gasteiger partial charge is 0.292 e. The van der Waals surface area contributed by atoms with E-state index in [-0.39, 0.29) is 11.4 Å². The predicted molar refractivity (Wildman–Crippen MR) is 126 cm³/mol. The van der Waals surface area contributed by atoms with Crippen LogP contribution in [0.15, 0.2) is 109 Å². The molecule has 4 aromatic carbocycles. The third kappa shape index (κ3) is 6.39. The van der Waals surface area contributed by atoms with E-state index in [4.69, 9.17) is 0 Å². The van der Waals surface area contributed by atoms with E-state index in [0.29, 0.717) is 5.69 Å². The summed E-state index contributed by atoms with van der Waals surface area (Å²) in [5.41, 5.74) is 3.29. The van der Waals surface area contributed by atoms with Crippen molar-refractivity contribution in [1.29, 1.82) is 0 Å². The van der Waals surface area contributed by atoms with E-state index in [1.165, 1.54) is 18.2 Å². The van der Waals surface area contributed by atoms with Crippen molar-refractivity contribution in [3.8, 4) is 0 Å². The second-order valence-electron chi connectivity index (χ2n) is 6.56. The maximum atomic E-state index is 10.8. The third-order valence-corrected chi connectivity index (χ3v) is 4.29. The standard InChI is InChI=1S/2C12H10N2O2/c15-14(16)12-9-5-4-8-11(12)13-10-6-2-1-3-7-10;15-14(16)12-8-6-11(7-9-12)13-10-4-2-1-3-5-10/h2*1-9,13H. The van der Waals surface area contributed by atoms with Crippen LogP contribution in [0, 0.1) is 20.2 Å². The van der Waals surface area contributed by atoms with Crippen LogP contribution in [0.2, 0.25) is 0 Å². The minimum atomic E-state index is -0.410. The largest absolute Gasteiger partial charge is 0.356 e. The van der Waals surface area contributed by atoms with Crippen molar-refractivity contribution in [3.63, 3.8) is 0 Å². The number of nitro benzene ring substituents is 2. The normalized spacial score (nSPS) is 9.75. The van der Waals surface area contributed by atoms with Gasteiger partial charge in [-0.15, -0.1) is 0 Å². The summed E-state index contributed by atoms with van der Waals surface area (Å²) in [6.07, 6.45) is 0. The Morgan fingerprint density at radius 1 is 0.500 bits per heavy atom. The second-order valence-corrected chi connectivity index (χ2v) is 6.56. The highest BCUT2D eigenvalue weighted by Crippen LogP contribution is 2.26. The predicted octanol–water partition coefficient (Wildman–Crippen LogP) is 6.68. The Kier molecular flexibility index (Phi) is 7.48. The molecule has 0 radical (unpaired) electrons. The number of para-hydroxylation sites is 4. The summed E-state index contributed by atoms with van der Waals surface area (Å²) >= 11 is 0. The highest BCUT2D eigenvalue weighted by molar-refractivity contribution is 5.69. The Bertz CT molecular complexity index is 1170. The number of non-ortho nitro benzene ring substituents is 1. The van der Waals surface area contributed by atoms with Crippen molar-refractivity contribution < 1.29 is 9.85 Å². The van der Waals surface area contributed by atoms with Gasteiger partial charge < -0.3 is 10.6 Å². The van der Waals surface area contributed by atoms with Crippen LogP contribution in [-0.2, 0) is 0 Å². The minimum absolute atomic E-state index is 0.0753. The molecule has 0 saturated heterocycles. The molecule has 0 atom stereocenters. The first-order valence-electron chi connectivity index (χ1n) is 9.65. The Labute approximate surface area is 184 Å². The molecule has 160 valence electrons. The van der Waals surface area contributed by atoms with Crippen molar-refractivity contribution in [3.05, 3.63) is 129 Å². The number of benzene rings is 4. The molecule has 0 aromatic heterocycles. The van der Waals surface area contributed by atoms with E-state index < -0.39 is 9.85 Å². The molecule has 4 rings (SSSR count). The van der Waals surface area contributed by atoms with Crippen LogP contribution in [0.1, 0.15) is 0 Å². The summed E-state index contributed by atoms with van der Waals surface area (Å²) in [6.45, 7) is 0. The SMILES string of the molecule is O=[N+]([O-])c1ccc(Nc2ccccc2)cc1.O=[N+]([O-])c1ccccc1Nc1ccccc1. The molecular weight excluding hydrogens is 408 g/mol. The van der Waals surface area contributed by atoms with Crippen LogP contribution in [0.3, 0.4) is 0 Å². The highest BCUT2D eigenvalue weighted by atomic mass is 16.6. The van der Waals surface area contributed by atoms with E-state index >= 15 is 0 Å². The number of nitrogens with one attached hydrogen (secondary N) is 2. The Morgan fingerprint density at radius 3 is 1.50 bits per heavy atom. The van der Waals surface area contributed by atoms with Crippen LogP contribution in [0.5, 0.6) is 0 Å². The number of rotatable bonds is 6. The molecule has 32 heavy (non-hydrogen) atoms. The van der Waals surface area contributed by atoms with E-state index in [1.807, 2.05) is 60.7 Å². The average Bonchev–Trinajstić information content (AvgIpc) is 2.81. The maximum Gasteiger partial charge on any atom is 0.292 e. The molecule has 0 heterocycles. The molecule has 0 aliphatic carbocycles. The number of hydrogen-bond acceptors (Lipinski definition) is 6. The molecule has 0 aliphatic heterocycles. The van der Waals surface area contributed by atoms with Crippen molar-refractivity contribution in [2.24, 2.45) is 0 Å². The summed E-state index contributed by atoms with van der Waals surface area (Å²) < 4.78 is 0. The first-order valence-corrected chi connectivity index (χ1v) is 9.65. The van der Waals surface area contributed by atoms with E-state index in [2.05, 4.69) is 10.6 Å². The van der Waals surface area contributed by atoms with Gasteiger partial charge in [0, 0.05) is 35.3 Å². The lowest BCUT2D eigenvalue weighted by Gasteiger charge is -2.06. The number of nitrogens with zero attached hydrogens (tertiary/aromatic N) is 2. The Hall–Kier alpha value is -4.72. The van der Waals surface area contributed by atoms with Gasteiger partial charge in [0.05, 0.1) is 9.85 Å². The molecule has 0 spiro atoms. The molecule has 4 aromatic rings. The monoisotopic (exact) mass is 428 g/mol. The van der Waals surface area contributed by atoms with E-state index in [1.54, 1.807) is 30.3 Å². The van der Waals surface area contributed by atoms with Crippen LogP contribution in [0.4, 0.5) is 34.1 Å². The number of anilines is 4. The van der Waals surface area contributed by atoms with E-state index in [9.17, 15) is 20.2 Å². The molecule has 0 fully saturated rings. The van der Waals surface area contributed by atoms with Gasteiger partial charge in [0.1, 0.15) is 5.69 Å². The van der Waals surface area contributed by atoms with Crippen molar-refractivity contribution in [2.75, 3.05) is 10.6 Å². The molecule has 0 unspecified atom stereocenters. The summed E-state index contributed by atoms with van der Waals surface area (Å²) in [6, 6.07) is 31.9. The lowest BCUT2D eigenvalue weighted by Crippen LogP contribution is -1.96. The van der Waals surface area contributed by atoms with Gasteiger partial charge in [-0.05, 0) is 42.5 Å². The topological polar surface area (TPSA) is 110 Å². The molecule has 0 amide bonds. The van der Waals surface area contributed by atoms with Crippen LogP contribution in [0.25, 0.3) is 0 Å². The lowest BCUT2D eigenvalue weighted by atomic mass is 10.2. The highest BCUT2D eigenvalue weighted by Gasteiger charge is 2.11. The first kappa shape index (κ1) is 22.0. The van der Waals surface area contributed by atoms with Gasteiger partial charge in [0.25, 0.3) is 11.4 Å². The van der Waals surface area contributed by atoms with Gasteiger partial charge in [-0.2, -0.15) is 0 Å². The van der Waals surface area contributed by atoms with Crippen molar-refractivity contribution in [2.45, 2.75) is 0 Å². The van der Waals surface area contributed by atoms with Crippen LogP contribution >= 0.6 is 0 Å². The van der Waals surface area contributed by atoms with Gasteiger partial charge in [-0.25, -0.2) is 0 Å². The number of nitro groups is 2. The Balaban J connectivity index is 0.000000181. The zero-order valence-electron chi connectivity index (χ0n) is 16.9. The summed E-state index contributed by atoms with van der Waals surface area (Å²) in [5, 5.41) is 27.4. The van der Waals surface area contributed by atoms with Crippen LogP contribution < -0.4 is 10.6 Å². The van der Waals surface area contributed by atoms with Gasteiger partial charge in [-0.1, -0.05) is 48.5 Å². The molecule has 2 N–H and O–H groups in total. The van der Waals surface area contributed by atoms with Gasteiger partial charge in [-0.3, -0.25) is 20.2 Å². The average molecular weight is 428 g/mol. The molecule has 8 heteroatoms. The van der Waals surface area contributed by atoms with Crippen LogP contribution in [-0.4, -0.2) is 9.85 Å². The van der Waals surface area contributed by atoms with E-state index in [0.717, 1.165) is 17.1 Å². The van der Waals surface area contributed by atoms with Crippen molar-refractivity contribution in [1.82, 2.24) is 0 Å². The minimum Gasteiger partial charge on any atom is -0.356 e. The summed E-state index contributed by atoms with van der Waals surface area (Å²) in [7, 11) is 0. The molecular formula is C24H20N4O4.